The van der Waals surface area contributed by atoms with Crippen molar-refractivity contribution in [1.82, 2.24) is 10.6 Å². The molecule has 0 radical (unpaired) electrons. The van der Waals surface area contributed by atoms with Crippen molar-refractivity contribution in [3.8, 4) is 6.07 Å². The van der Waals surface area contributed by atoms with E-state index in [1.807, 2.05) is 6.07 Å². The number of fused-ring (bicyclic) bond motifs is 2. The molecule has 2 bridgehead atoms. The first-order valence-corrected chi connectivity index (χ1v) is 7.37. The zero-order valence-electron chi connectivity index (χ0n) is 11.7. The van der Waals surface area contributed by atoms with E-state index in [0.29, 0.717) is 17.5 Å². The van der Waals surface area contributed by atoms with Gasteiger partial charge in [0, 0.05) is 12.5 Å². The van der Waals surface area contributed by atoms with Crippen molar-refractivity contribution in [1.29, 1.82) is 5.26 Å². The summed E-state index contributed by atoms with van der Waals surface area (Å²) in [6, 6.07) is 7.94. The topological polar surface area (TPSA) is 64.9 Å². The van der Waals surface area contributed by atoms with Crippen LogP contribution in [0.4, 0.5) is 4.39 Å². The van der Waals surface area contributed by atoms with Crippen molar-refractivity contribution in [2.75, 3.05) is 0 Å². The molecule has 0 spiro atoms. The molecule has 4 nitrogen and oxygen atoms in total. The molecule has 2 aliphatic rings. The standard InChI is InChI=1S/C16H18FN3O/c17-14-4-2-1-3-10(14)7-13(9-18)20-16(21)15-11-5-6-12(8-11)19-15/h1-4,11-13,15,19H,5-8H2,(H,20,21)/t11?,12?,13-,15?/m0/s1. The lowest BCUT2D eigenvalue weighted by atomic mass is 9.98. The fourth-order valence-corrected chi connectivity index (χ4v) is 3.42. The molecule has 4 atom stereocenters. The smallest absolute Gasteiger partial charge is 0.238 e. The van der Waals surface area contributed by atoms with E-state index in [0.717, 1.165) is 19.3 Å². The Morgan fingerprint density at radius 2 is 2.29 bits per heavy atom. The van der Waals surface area contributed by atoms with Gasteiger partial charge in [-0.2, -0.15) is 5.26 Å². The van der Waals surface area contributed by atoms with Gasteiger partial charge in [-0.15, -0.1) is 0 Å². The number of amides is 1. The van der Waals surface area contributed by atoms with Crippen molar-refractivity contribution in [3.05, 3.63) is 35.6 Å². The summed E-state index contributed by atoms with van der Waals surface area (Å²) in [6.45, 7) is 0. The first-order valence-electron chi connectivity index (χ1n) is 7.37. The maximum absolute atomic E-state index is 13.6. The number of rotatable bonds is 4. The number of piperidine rings is 1. The van der Waals surface area contributed by atoms with Crippen LogP contribution in [0.1, 0.15) is 24.8 Å². The quantitative estimate of drug-likeness (QED) is 0.882. The van der Waals surface area contributed by atoms with E-state index in [2.05, 4.69) is 10.6 Å². The van der Waals surface area contributed by atoms with E-state index >= 15 is 0 Å². The Bertz CT molecular complexity index is 583. The molecule has 1 aromatic rings. The van der Waals surface area contributed by atoms with Crippen LogP contribution < -0.4 is 10.6 Å². The molecule has 1 amide bonds. The minimum Gasteiger partial charge on any atom is -0.339 e. The van der Waals surface area contributed by atoms with Gasteiger partial charge in [-0.25, -0.2) is 4.39 Å². The number of hydrogen-bond donors (Lipinski definition) is 2. The lowest BCUT2D eigenvalue weighted by Gasteiger charge is -2.23. The minimum atomic E-state index is -0.699. The third-order valence-electron chi connectivity index (χ3n) is 4.50. The van der Waals surface area contributed by atoms with Gasteiger partial charge in [0.2, 0.25) is 5.91 Å². The Hall–Kier alpha value is -1.93. The molecule has 1 aliphatic carbocycles. The first-order chi connectivity index (χ1) is 10.2. The highest BCUT2D eigenvalue weighted by Gasteiger charge is 2.43. The largest absolute Gasteiger partial charge is 0.339 e. The molecule has 2 N–H and O–H groups in total. The molecule has 21 heavy (non-hydrogen) atoms. The van der Waals surface area contributed by atoms with Crippen LogP contribution in [0, 0.1) is 23.1 Å². The van der Waals surface area contributed by atoms with Gasteiger partial charge in [-0.3, -0.25) is 4.79 Å². The summed E-state index contributed by atoms with van der Waals surface area (Å²) in [4.78, 5) is 12.3. The number of benzene rings is 1. The van der Waals surface area contributed by atoms with Crippen molar-refractivity contribution < 1.29 is 9.18 Å². The van der Waals surface area contributed by atoms with Crippen LogP contribution >= 0.6 is 0 Å². The Kier molecular flexibility index (Phi) is 3.89. The average Bonchev–Trinajstić information content (AvgIpc) is 3.11. The van der Waals surface area contributed by atoms with E-state index in [4.69, 9.17) is 0 Å². The van der Waals surface area contributed by atoms with Crippen LogP contribution in [0.2, 0.25) is 0 Å². The maximum atomic E-state index is 13.6. The zero-order chi connectivity index (χ0) is 14.8. The molecule has 1 saturated heterocycles. The zero-order valence-corrected chi connectivity index (χ0v) is 11.7. The van der Waals surface area contributed by atoms with Gasteiger partial charge >= 0.3 is 0 Å². The lowest BCUT2D eigenvalue weighted by Crippen LogP contribution is -2.50. The lowest BCUT2D eigenvalue weighted by molar-refractivity contribution is -0.124. The van der Waals surface area contributed by atoms with Crippen molar-refractivity contribution in [2.45, 2.75) is 43.8 Å². The molecular formula is C16H18FN3O. The summed E-state index contributed by atoms with van der Waals surface area (Å²) in [7, 11) is 0. The summed E-state index contributed by atoms with van der Waals surface area (Å²) < 4.78 is 13.6. The second-order valence-corrected chi connectivity index (χ2v) is 5.90. The first kappa shape index (κ1) is 14.0. The number of carbonyl (C=O) groups is 1. The second-order valence-electron chi connectivity index (χ2n) is 5.90. The van der Waals surface area contributed by atoms with Crippen molar-refractivity contribution in [3.63, 3.8) is 0 Å². The summed E-state index contributed by atoms with van der Waals surface area (Å²) in [5, 5.41) is 15.2. The third-order valence-corrected chi connectivity index (χ3v) is 4.50. The van der Waals surface area contributed by atoms with Gasteiger partial charge in [0.1, 0.15) is 11.9 Å². The van der Waals surface area contributed by atoms with Crippen LogP contribution in [0.3, 0.4) is 0 Å². The van der Waals surface area contributed by atoms with E-state index in [1.165, 1.54) is 6.07 Å². The molecule has 1 saturated carbocycles. The molecule has 3 rings (SSSR count). The fraction of sp³-hybridized carbons (Fsp3) is 0.500. The summed E-state index contributed by atoms with van der Waals surface area (Å²) in [5.74, 6) is -0.0991. The summed E-state index contributed by atoms with van der Waals surface area (Å²) >= 11 is 0. The molecule has 1 aromatic carbocycles. The van der Waals surface area contributed by atoms with Gasteiger partial charge in [-0.1, -0.05) is 18.2 Å². The molecule has 2 fully saturated rings. The predicted molar refractivity (Wildman–Crippen MR) is 75.7 cm³/mol. The van der Waals surface area contributed by atoms with E-state index < -0.39 is 6.04 Å². The Balaban J connectivity index is 1.61. The van der Waals surface area contributed by atoms with E-state index in [1.54, 1.807) is 18.2 Å². The molecular weight excluding hydrogens is 269 g/mol. The number of carbonyl (C=O) groups excluding carboxylic acids is 1. The highest BCUT2D eigenvalue weighted by atomic mass is 19.1. The molecule has 3 unspecified atom stereocenters. The molecule has 1 heterocycles. The van der Waals surface area contributed by atoms with Crippen molar-refractivity contribution >= 4 is 5.91 Å². The normalized spacial score (nSPS) is 28.1. The number of nitriles is 1. The van der Waals surface area contributed by atoms with Crippen LogP contribution in [0.5, 0.6) is 0 Å². The van der Waals surface area contributed by atoms with E-state index in [-0.39, 0.29) is 24.2 Å². The molecule has 1 aliphatic heterocycles. The summed E-state index contributed by atoms with van der Waals surface area (Å²) in [6.07, 6.45) is 3.43. The molecule has 5 heteroatoms. The highest BCUT2D eigenvalue weighted by molar-refractivity contribution is 5.83. The fourth-order valence-electron chi connectivity index (χ4n) is 3.42. The number of nitrogens with one attached hydrogen (secondary N) is 2. The number of nitrogens with zero attached hydrogens (tertiary/aromatic N) is 1. The Labute approximate surface area is 123 Å². The third kappa shape index (κ3) is 2.91. The summed E-state index contributed by atoms with van der Waals surface area (Å²) in [5.41, 5.74) is 0.449. The van der Waals surface area contributed by atoms with Crippen molar-refractivity contribution in [2.24, 2.45) is 5.92 Å². The monoisotopic (exact) mass is 287 g/mol. The van der Waals surface area contributed by atoms with Crippen LogP contribution in [0.25, 0.3) is 0 Å². The number of hydrogen-bond acceptors (Lipinski definition) is 3. The second kappa shape index (κ2) is 5.82. The highest BCUT2D eigenvalue weighted by Crippen LogP contribution is 2.35. The van der Waals surface area contributed by atoms with Gasteiger partial charge in [0.05, 0.1) is 12.1 Å². The SMILES string of the molecule is N#C[C@H](Cc1ccccc1F)NC(=O)C1NC2CCC1C2. The van der Waals surface area contributed by atoms with Crippen LogP contribution in [-0.4, -0.2) is 24.0 Å². The predicted octanol–water partition coefficient (Wildman–Crippen LogP) is 1.52. The van der Waals surface area contributed by atoms with Gasteiger partial charge in [-0.05, 0) is 36.8 Å². The van der Waals surface area contributed by atoms with Crippen LogP contribution in [-0.2, 0) is 11.2 Å². The van der Waals surface area contributed by atoms with Gasteiger partial charge in [0.25, 0.3) is 0 Å². The minimum absolute atomic E-state index is 0.134. The van der Waals surface area contributed by atoms with Gasteiger partial charge in [0.15, 0.2) is 0 Å². The van der Waals surface area contributed by atoms with Crippen LogP contribution in [0.15, 0.2) is 24.3 Å². The average molecular weight is 287 g/mol. The van der Waals surface area contributed by atoms with Gasteiger partial charge < -0.3 is 10.6 Å². The maximum Gasteiger partial charge on any atom is 0.238 e. The Morgan fingerprint density at radius 3 is 2.90 bits per heavy atom. The molecule has 0 aromatic heterocycles. The Morgan fingerprint density at radius 1 is 1.48 bits per heavy atom. The van der Waals surface area contributed by atoms with E-state index in [9.17, 15) is 14.4 Å². The molecule has 110 valence electrons. The number of halogens is 1.